The Morgan fingerprint density at radius 2 is 1.92 bits per heavy atom. The third-order valence-electron chi connectivity index (χ3n) is 5.17. The van der Waals surface area contributed by atoms with E-state index in [2.05, 4.69) is 25.5 Å². The van der Waals surface area contributed by atoms with Crippen LogP contribution >= 0.6 is 11.6 Å². The minimum absolute atomic E-state index is 0.000571. The van der Waals surface area contributed by atoms with Crippen LogP contribution < -0.4 is 11.1 Å². The van der Waals surface area contributed by atoms with Gasteiger partial charge in [-0.3, -0.25) is 9.78 Å². The number of nitrogens with zero attached hydrogens (tertiary/aromatic N) is 5. The first-order chi connectivity index (χ1) is 18.1. The van der Waals surface area contributed by atoms with E-state index in [4.69, 9.17) is 22.1 Å². The molecule has 0 aliphatic carbocycles. The summed E-state index contributed by atoms with van der Waals surface area (Å²) < 4.78 is 61.2. The zero-order chi connectivity index (χ0) is 27.4. The highest BCUT2D eigenvalue weighted by Gasteiger charge is 2.36. The number of nitrogens with two attached hydrogens (primary N) is 1. The summed E-state index contributed by atoms with van der Waals surface area (Å²) in [6.45, 7) is 0.293. The largest absolute Gasteiger partial charge is 0.420 e. The Morgan fingerprint density at radius 1 is 1.18 bits per heavy atom. The first kappa shape index (κ1) is 26.7. The maximum absolute atomic E-state index is 15.3. The van der Waals surface area contributed by atoms with Crippen molar-refractivity contribution >= 4 is 35.0 Å². The Labute approximate surface area is 217 Å². The maximum atomic E-state index is 15.3. The number of carbonyl (C=O) groups is 1. The number of ether oxygens (including phenoxy) is 1. The van der Waals surface area contributed by atoms with Crippen LogP contribution in [-0.2, 0) is 10.9 Å². The molecule has 3 heterocycles. The van der Waals surface area contributed by atoms with Gasteiger partial charge in [-0.05, 0) is 18.2 Å². The van der Waals surface area contributed by atoms with Crippen LogP contribution in [0.25, 0.3) is 23.0 Å². The Hall–Kier alpha value is -4.36. The third-order valence-corrected chi connectivity index (χ3v) is 5.49. The fraction of sp³-hybridized carbons (Fsp3) is 0.125. The monoisotopic (exact) mass is 547 g/mol. The van der Waals surface area contributed by atoms with Crippen LogP contribution in [0.2, 0.25) is 5.02 Å². The van der Waals surface area contributed by atoms with Crippen molar-refractivity contribution in [2.24, 2.45) is 0 Å². The predicted molar refractivity (Wildman–Crippen MR) is 132 cm³/mol. The second kappa shape index (κ2) is 10.9. The van der Waals surface area contributed by atoms with Crippen LogP contribution in [0.3, 0.4) is 0 Å². The van der Waals surface area contributed by atoms with Gasteiger partial charge in [-0.2, -0.15) is 23.4 Å². The molecular weight excluding hydrogens is 530 g/mol. The zero-order valence-corrected chi connectivity index (χ0v) is 20.3. The molecule has 3 N–H and O–H groups in total. The van der Waals surface area contributed by atoms with Gasteiger partial charge in [0.15, 0.2) is 5.82 Å². The van der Waals surface area contributed by atoms with Gasteiger partial charge in [-0.15, -0.1) is 4.80 Å². The van der Waals surface area contributed by atoms with Gasteiger partial charge in [0, 0.05) is 30.0 Å². The van der Waals surface area contributed by atoms with E-state index < -0.39 is 29.3 Å². The number of hydrogen-bond donors (Lipinski definition) is 2. The van der Waals surface area contributed by atoms with E-state index in [0.29, 0.717) is 28.6 Å². The molecular formula is C24H18ClF4N7O2. The molecule has 0 bridgehead atoms. The number of anilines is 2. The smallest absolute Gasteiger partial charge is 0.397 e. The summed E-state index contributed by atoms with van der Waals surface area (Å²) in [4.78, 5) is 21.3. The standard InChI is InChI=1S/C24H18ClF4N7O2/c1-38-6-2-3-13-10-31-12-20(30)21(13)16-8-18(25)15(9-19(16)26)23(37)35-14-7-17(24(27,28)29)22(32-11-14)36-33-4-5-34-36/h2-5,7-12H,6,30H2,1H3,(H,35,37). The molecule has 1 aromatic carbocycles. The zero-order valence-electron chi connectivity index (χ0n) is 19.5. The molecule has 0 saturated carbocycles. The summed E-state index contributed by atoms with van der Waals surface area (Å²) in [5, 5.41) is 9.42. The van der Waals surface area contributed by atoms with Crippen molar-refractivity contribution in [2.45, 2.75) is 6.18 Å². The lowest BCUT2D eigenvalue weighted by Gasteiger charge is -2.15. The number of nitrogen functional groups attached to an aromatic ring is 1. The van der Waals surface area contributed by atoms with Crippen LogP contribution in [0.5, 0.6) is 0 Å². The number of alkyl halides is 3. The molecule has 38 heavy (non-hydrogen) atoms. The Kier molecular flexibility index (Phi) is 7.69. The minimum Gasteiger partial charge on any atom is -0.397 e. The first-order valence-corrected chi connectivity index (χ1v) is 11.1. The summed E-state index contributed by atoms with van der Waals surface area (Å²) in [6.07, 6.45) is 4.67. The quantitative estimate of drug-likeness (QED) is 0.311. The summed E-state index contributed by atoms with van der Waals surface area (Å²) in [5.74, 6) is -2.38. The number of halogens is 5. The van der Waals surface area contributed by atoms with Crippen molar-refractivity contribution in [3.8, 4) is 16.9 Å². The molecule has 196 valence electrons. The van der Waals surface area contributed by atoms with E-state index in [-0.39, 0.29) is 27.5 Å². The van der Waals surface area contributed by atoms with Crippen molar-refractivity contribution in [3.63, 3.8) is 0 Å². The minimum atomic E-state index is -4.83. The Balaban J connectivity index is 1.67. The topological polar surface area (TPSA) is 121 Å². The predicted octanol–water partition coefficient (Wildman–Crippen LogP) is 5.03. The second-order valence-corrected chi connectivity index (χ2v) is 8.14. The molecule has 0 aliphatic heterocycles. The van der Waals surface area contributed by atoms with E-state index in [1.807, 2.05) is 0 Å². The summed E-state index contributed by atoms with van der Waals surface area (Å²) >= 11 is 6.30. The van der Waals surface area contributed by atoms with Gasteiger partial charge in [-0.1, -0.05) is 23.8 Å². The van der Waals surface area contributed by atoms with E-state index in [0.717, 1.165) is 12.3 Å². The van der Waals surface area contributed by atoms with E-state index in [1.165, 1.54) is 38.0 Å². The first-order valence-electron chi connectivity index (χ1n) is 10.7. The lowest BCUT2D eigenvalue weighted by atomic mass is 9.97. The highest BCUT2D eigenvalue weighted by molar-refractivity contribution is 6.34. The molecule has 0 atom stereocenters. The van der Waals surface area contributed by atoms with Crippen molar-refractivity contribution < 1.29 is 27.1 Å². The average molecular weight is 548 g/mol. The van der Waals surface area contributed by atoms with Gasteiger partial charge < -0.3 is 15.8 Å². The second-order valence-electron chi connectivity index (χ2n) is 7.73. The van der Waals surface area contributed by atoms with Gasteiger partial charge in [0.1, 0.15) is 11.4 Å². The molecule has 0 radical (unpaired) electrons. The summed E-state index contributed by atoms with van der Waals surface area (Å²) in [5.41, 5.74) is 5.17. The molecule has 0 saturated heterocycles. The highest BCUT2D eigenvalue weighted by atomic mass is 35.5. The molecule has 0 fully saturated rings. The SMILES string of the molecule is COCC=Cc1cncc(N)c1-c1cc(Cl)c(C(=O)Nc2cnc(-n3nccn3)c(C(F)(F)F)c2)cc1F. The molecule has 1 amide bonds. The van der Waals surface area contributed by atoms with Crippen molar-refractivity contribution in [1.82, 2.24) is 25.0 Å². The number of benzene rings is 1. The third kappa shape index (κ3) is 5.63. The lowest BCUT2D eigenvalue weighted by molar-refractivity contribution is -0.137. The average Bonchev–Trinajstić information content (AvgIpc) is 3.40. The molecule has 14 heteroatoms. The molecule has 4 rings (SSSR count). The fourth-order valence-corrected chi connectivity index (χ4v) is 3.78. The number of pyridine rings is 2. The van der Waals surface area contributed by atoms with Crippen LogP contribution in [0, 0.1) is 5.82 Å². The Morgan fingerprint density at radius 3 is 2.61 bits per heavy atom. The van der Waals surface area contributed by atoms with Crippen molar-refractivity contribution in [1.29, 1.82) is 0 Å². The normalized spacial score (nSPS) is 11.7. The van der Waals surface area contributed by atoms with Crippen LogP contribution in [0.1, 0.15) is 21.5 Å². The number of aromatic nitrogens is 5. The van der Waals surface area contributed by atoms with E-state index in [1.54, 1.807) is 12.2 Å². The van der Waals surface area contributed by atoms with Crippen LogP contribution in [0.15, 0.2) is 55.3 Å². The molecule has 0 aliphatic rings. The maximum Gasteiger partial charge on any atom is 0.420 e. The summed E-state index contributed by atoms with van der Waals surface area (Å²) in [6, 6.07) is 2.74. The van der Waals surface area contributed by atoms with Gasteiger partial charge in [0.2, 0.25) is 0 Å². The molecule has 0 unspecified atom stereocenters. The lowest BCUT2D eigenvalue weighted by Crippen LogP contribution is -2.17. The van der Waals surface area contributed by atoms with Gasteiger partial charge in [0.25, 0.3) is 5.91 Å². The number of methoxy groups -OCH3 is 1. The molecule has 3 aromatic heterocycles. The molecule has 0 spiro atoms. The van der Waals surface area contributed by atoms with Gasteiger partial charge in [-0.25, -0.2) is 9.37 Å². The molecule has 9 nitrogen and oxygen atoms in total. The van der Waals surface area contributed by atoms with E-state index >= 15 is 4.39 Å². The molecule has 4 aromatic rings. The number of carbonyl (C=O) groups excluding carboxylic acids is 1. The Bertz CT molecular complexity index is 1510. The number of rotatable bonds is 7. The number of amides is 1. The van der Waals surface area contributed by atoms with Gasteiger partial charge in [0.05, 0.1) is 53.4 Å². The van der Waals surface area contributed by atoms with Crippen LogP contribution in [0.4, 0.5) is 28.9 Å². The van der Waals surface area contributed by atoms with Crippen LogP contribution in [-0.4, -0.2) is 44.6 Å². The number of hydrogen-bond acceptors (Lipinski definition) is 7. The highest BCUT2D eigenvalue weighted by Crippen LogP contribution is 2.36. The van der Waals surface area contributed by atoms with Crippen molar-refractivity contribution in [2.75, 3.05) is 24.8 Å². The van der Waals surface area contributed by atoms with E-state index in [9.17, 15) is 18.0 Å². The van der Waals surface area contributed by atoms with Crippen molar-refractivity contribution in [3.05, 3.63) is 82.8 Å². The van der Waals surface area contributed by atoms with Gasteiger partial charge >= 0.3 is 6.18 Å². The summed E-state index contributed by atoms with van der Waals surface area (Å²) in [7, 11) is 1.51. The number of nitrogens with one attached hydrogen (secondary N) is 1. The fourth-order valence-electron chi connectivity index (χ4n) is 3.53.